The van der Waals surface area contributed by atoms with Crippen molar-refractivity contribution in [1.82, 2.24) is 24.3 Å². The first-order valence-corrected chi connectivity index (χ1v) is 14.2. The second-order valence-corrected chi connectivity index (χ2v) is 11.8. The van der Waals surface area contributed by atoms with Crippen LogP contribution in [-0.4, -0.2) is 55.6 Å². The number of carbonyl (C=O) groups is 1. The minimum atomic E-state index is -0.218. The molecule has 10 nitrogen and oxygen atoms in total. The molecule has 2 fully saturated rings. The van der Waals surface area contributed by atoms with Crippen molar-refractivity contribution < 1.29 is 14.3 Å². The number of aromatic nitrogens is 5. The van der Waals surface area contributed by atoms with E-state index >= 15 is 0 Å². The highest BCUT2D eigenvalue weighted by Crippen LogP contribution is 2.41. The first-order chi connectivity index (χ1) is 19.3. The van der Waals surface area contributed by atoms with Crippen LogP contribution in [0.1, 0.15) is 48.7 Å². The number of hydrogen-bond donors (Lipinski definition) is 2. The maximum Gasteiger partial charge on any atom is 0.258 e. The number of amides is 1. The Bertz CT molecular complexity index is 1600. The van der Waals surface area contributed by atoms with Crippen molar-refractivity contribution in [3.63, 3.8) is 0 Å². The van der Waals surface area contributed by atoms with Crippen molar-refractivity contribution in [2.24, 2.45) is 18.9 Å². The molecule has 1 aliphatic carbocycles. The number of nitrogens with zero attached hydrogens (tertiary/aromatic N) is 5. The largest absolute Gasteiger partial charge is 0.477 e. The zero-order valence-electron chi connectivity index (χ0n) is 23.2. The second kappa shape index (κ2) is 9.62. The summed E-state index contributed by atoms with van der Waals surface area (Å²) < 4.78 is 15.6. The van der Waals surface area contributed by atoms with E-state index in [-0.39, 0.29) is 11.4 Å². The Labute approximate surface area is 233 Å². The minimum Gasteiger partial charge on any atom is -0.477 e. The molecule has 0 spiro atoms. The summed E-state index contributed by atoms with van der Waals surface area (Å²) in [6.07, 6.45) is 6.22. The SMILES string of the molecule is Cc1cc2cc(n1)-c1cnn(C)c1OCCCC(C1CC1)Cn1c(nc3cc(NC4(C)COC4)ccc31)NC2=O. The van der Waals surface area contributed by atoms with Gasteiger partial charge in [0.2, 0.25) is 11.8 Å². The molecule has 4 aromatic rings. The van der Waals surface area contributed by atoms with Gasteiger partial charge in [0.15, 0.2) is 0 Å². The van der Waals surface area contributed by atoms with Gasteiger partial charge in [0, 0.05) is 30.5 Å². The summed E-state index contributed by atoms with van der Waals surface area (Å²) >= 11 is 0. The summed E-state index contributed by atoms with van der Waals surface area (Å²) in [5.41, 5.74) is 5.52. The normalized spacial score (nSPS) is 20.8. The summed E-state index contributed by atoms with van der Waals surface area (Å²) in [7, 11) is 1.87. The molecule has 7 rings (SSSR count). The Hall–Kier alpha value is -3.92. The summed E-state index contributed by atoms with van der Waals surface area (Å²) in [6.45, 7) is 6.81. The summed E-state index contributed by atoms with van der Waals surface area (Å²) in [5, 5.41) is 11.1. The van der Waals surface area contributed by atoms with Crippen molar-refractivity contribution in [3.8, 4) is 17.1 Å². The topological polar surface area (TPSA) is 108 Å². The van der Waals surface area contributed by atoms with Crippen molar-refractivity contribution in [2.75, 3.05) is 30.5 Å². The Morgan fingerprint density at radius 1 is 1.10 bits per heavy atom. The van der Waals surface area contributed by atoms with E-state index in [1.54, 1.807) is 23.0 Å². The fourth-order valence-corrected chi connectivity index (χ4v) is 5.99. The molecule has 1 unspecified atom stereocenters. The van der Waals surface area contributed by atoms with Crippen molar-refractivity contribution in [1.29, 1.82) is 0 Å². The van der Waals surface area contributed by atoms with E-state index < -0.39 is 0 Å². The number of rotatable bonds is 3. The molecular weight excluding hydrogens is 506 g/mol. The molecule has 1 saturated carbocycles. The molecule has 0 radical (unpaired) electrons. The van der Waals surface area contributed by atoms with Crippen LogP contribution in [0.2, 0.25) is 0 Å². The van der Waals surface area contributed by atoms with Gasteiger partial charge in [-0.2, -0.15) is 5.10 Å². The predicted molar refractivity (Wildman–Crippen MR) is 153 cm³/mol. The molecule has 10 heteroatoms. The van der Waals surface area contributed by atoms with Crippen LogP contribution in [0.3, 0.4) is 0 Å². The molecule has 208 valence electrons. The lowest BCUT2D eigenvalue weighted by atomic mass is 9.97. The highest BCUT2D eigenvalue weighted by molar-refractivity contribution is 6.05. The van der Waals surface area contributed by atoms with Gasteiger partial charge < -0.3 is 19.4 Å². The molecule has 1 amide bonds. The van der Waals surface area contributed by atoms with E-state index in [0.29, 0.717) is 54.7 Å². The van der Waals surface area contributed by atoms with E-state index in [4.69, 9.17) is 19.4 Å². The first kappa shape index (κ1) is 25.1. The number of aryl methyl sites for hydroxylation is 2. The standard InChI is InChI=1S/C30H35N7O3/c1-18-11-21-12-24(32-18)23-14-31-36(3)28(23)40-10-4-5-20(19-6-7-19)15-37-26-9-8-22(35-30(2)16-39-17-30)13-25(26)33-29(37)34-27(21)38/h8-9,11-14,19-20,35H,4-7,10,15-17H2,1-3H3,(H,33,34,38). The van der Waals surface area contributed by atoms with Gasteiger partial charge in [-0.25, -0.2) is 9.67 Å². The van der Waals surface area contributed by atoms with Gasteiger partial charge in [-0.1, -0.05) is 0 Å². The molecule has 1 saturated heterocycles. The first-order valence-electron chi connectivity index (χ1n) is 14.2. The second-order valence-electron chi connectivity index (χ2n) is 11.8. The number of carbonyl (C=O) groups excluding carboxylic acids is 1. The number of anilines is 2. The maximum atomic E-state index is 13.7. The third kappa shape index (κ3) is 4.70. The van der Waals surface area contributed by atoms with Gasteiger partial charge in [-0.3, -0.25) is 15.1 Å². The lowest BCUT2D eigenvalue weighted by molar-refractivity contribution is -0.0318. The number of ether oxygens (including phenoxy) is 2. The van der Waals surface area contributed by atoms with Crippen LogP contribution in [0.4, 0.5) is 11.6 Å². The molecular formula is C30H35N7O3. The van der Waals surface area contributed by atoms with Gasteiger partial charge in [-0.15, -0.1) is 0 Å². The van der Waals surface area contributed by atoms with E-state index in [9.17, 15) is 4.79 Å². The van der Waals surface area contributed by atoms with Crippen LogP contribution in [0, 0.1) is 18.8 Å². The summed E-state index contributed by atoms with van der Waals surface area (Å²) in [6, 6.07) is 9.89. The number of fused-ring (bicyclic) bond motifs is 7. The Morgan fingerprint density at radius 3 is 2.73 bits per heavy atom. The zero-order chi connectivity index (χ0) is 27.4. The van der Waals surface area contributed by atoms with Crippen LogP contribution in [-0.2, 0) is 18.3 Å². The van der Waals surface area contributed by atoms with E-state index in [1.807, 2.05) is 14.0 Å². The maximum absolute atomic E-state index is 13.7. The average molecular weight is 542 g/mol. The number of nitrogens with one attached hydrogen (secondary N) is 2. The molecule has 3 aliphatic rings. The van der Waals surface area contributed by atoms with Crippen LogP contribution in [0.25, 0.3) is 22.3 Å². The highest BCUT2D eigenvalue weighted by atomic mass is 16.5. The van der Waals surface area contributed by atoms with Crippen molar-refractivity contribution in [2.45, 2.75) is 51.6 Å². The van der Waals surface area contributed by atoms with Gasteiger partial charge in [0.25, 0.3) is 5.91 Å². The fraction of sp³-hybridized carbons (Fsp3) is 0.467. The number of pyridine rings is 1. The summed E-state index contributed by atoms with van der Waals surface area (Å²) in [5.74, 6) is 2.19. The van der Waals surface area contributed by atoms with Crippen LogP contribution in [0.5, 0.6) is 5.88 Å². The zero-order valence-corrected chi connectivity index (χ0v) is 23.2. The smallest absolute Gasteiger partial charge is 0.258 e. The number of imidazole rings is 1. The van der Waals surface area contributed by atoms with Crippen molar-refractivity contribution >= 4 is 28.6 Å². The lowest BCUT2D eigenvalue weighted by Gasteiger charge is -2.39. The van der Waals surface area contributed by atoms with E-state index in [2.05, 4.69) is 45.4 Å². The highest BCUT2D eigenvalue weighted by Gasteiger charge is 2.34. The predicted octanol–water partition coefficient (Wildman–Crippen LogP) is 4.79. The number of hydrogen-bond acceptors (Lipinski definition) is 7. The Balaban J connectivity index is 1.30. The van der Waals surface area contributed by atoms with Crippen LogP contribution >= 0.6 is 0 Å². The molecule has 2 aliphatic heterocycles. The van der Waals surface area contributed by atoms with Gasteiger partial charge in [-0.05, 0) is 81.7 Å². The molecule has 1 aromatic carbocycles. The average Bonchev–Trinajstić information content (AvgIpc) is 3.61. The van der Waals surface area contributed by atoms with E-state index in [1.165, 1.54) is 12.8 Å². The van der Waals surface area contributed by atoms with Crippen molar-refractivity contribution in [3.05, 3.63) is 47.8 Å². The summed E-state index contributed by atoms with van der Waals surface area (Å²) in [4.78, 5) is 23.3. The Kier molecular flexibility index (Phi) is 6.03. The third-order valence-corrected chi connectivity index (χ3v) is 8.30. The molecule has 1 atom stereocenters. The molecule has 3 aromatic heterocycles. The van der Waals surface area contributed by atoms with Gasteiger partial charge >= 0.3 is 0 Å². The molecule has 2 N–H and O–H groups in total. The van der Waals surface area contributed by atoms with Crippen LogP contribution < -0.4 is 15.4 Å². The van der Waals surface area contributed by atoms with Crippen LogP contribution in [0.15, 0.2) is 36.5 Å². The number of benzene rings is 1. The Morgan fingerprint density at radius 2 is 1.95 bits per heavy atom. The molecule has 40 heavy (non-hydrogen) atoms. The molecule has 5 heterocycles. The quantitative estimate of drug-likeness (QED) is 0.384. The lowest BCUT2D eigenvalue weighted by Crippen LogP contribution is -2.53. The fourth-order valence-electron chi connectivity index (χ4n) is 5.99. The third-order valence-electron chi connectivity index (χ3n) is 8.30. The minimum absolute atomic E-state index is 0.0670. The van der Waals surface area contributed by atoms with E-state index in [0.717, 1.165) is 47.4 Å². The monoisotopic (exact) mass is 541 g/mol. The van der Waals surface area contributed by atoms with Gasteiger partial charge in [0.05, 0.1) is 53.8 Å². The molecule has 2 bridgehead atoms. The van der Waals surface area contributed by atoms with Gasteiger partial charge in [0.1, 0.15) is 0 Å².